The first-order chi connectivity index (χ1) is 49.0. The molecular weight excluding hydrogens is 1250 g/mol. The topological polar surface area (TPSA) is 108 Å². The maximum Gasteiger partial charge on any atom is 0.472 e. The van der Waals surface area contributed by atoms with Gasteiger partial charge in [-0.3, -0.25) is 18.6 Å². The number of allylic oxidation sites excluding steroid dienone is 44. The molecule has 0 aromatic rings. The van der Waals surface area contributed by atoms with Crippen LogP contribution >= 0.6 is 7.82 Å². The molecule has 0 aliphatic rings. The number of nitrogens with zero attached hydrogens (tertiary/aromatic N) is 1. The molecule has 0 saturated heterocycles. The Morgan fingerprint density at radius 1 is 0.310 bits per heavy atom. The fraction of sp³-hybridized carbons (Fsp3) is 0.489. The summed E-state index contributed by atoms with van der Waals surface area (Å²) in [6.07, 6.45) is 128. The largest absolute Gasteiger partial charge is 0.472 e. The van der Waals surface area contributed by atoms with Gasteiger partial charge in [-0.15, -0.1) is 0 Å². The molecule has 0 aliphatic carbocycles. The lowest BCUT2D eigenvalue weighted by atomic mass is 10.1. The Hall–Kier alpha value is -6.71. The molecule has 1 N–H and O–H groups in total. The second-order valence-electron chi connectivity index (χ2n) is 25.2. The van der Waals surface area contributed by atoms with Gasteiger partial charge in [-0.05, 0) is 180 Å². The molecule has 0 aromatic heterocycles. The van der Waals surface area contributed by atoms with Crippen molar-refractivity contribution in [2.24, 2.45) is 0 Å². The van der Waals surface area contributed by atoms with Crippen LogP contribution in [0.1, 0.15) is 232 Å². The van der Waals surface area contributed by atoms with E-state index < -0.39 is 32.5 Å². The first kappa shape index (κ1) is 93.3. The number of unbranched alkanes of at least 4 members (excludes halogenated alkanes) is 8. The molecule has 0 bridgehead atoms. The number of carbonyl (C=O) groups excluding carboxylic acids is 2. The van der Waals surface area contributed by atoms with E-state index in [2.05, 4.69) is 281 Å². The molecule has 0 aliphatic heterocycles. The number of phosphoric acid groups is 1. The summed E-state index contributed by atoms with van der Waals surface area (Å²) in [6, 6.07) is 0. The van der Waals surface area contributed by atoms with Gasteiger partial charge < -0.3 is 18.9 Å². The van der Waals surface area contributed by atoms with E-state index >= 15 is 0 Å². The number of esters is 2. The third-order valence-corrected chi connectivity index (χ3v) is 15.7. The van der Waals surface area contributed by atoms with E-state index in [1.165, 1.54) is 0 Å². The van der Waals surface area contributed by atoms with Crippen LogP contribution in [-0.4, -0.2) is 74.9 Å². The summed E-state index contributed by atoms with van der Waals surface area (Å²) >= 11 is 0. The predicted octanol–water partition coefficient (Wildman–Crippen LogP) is 25.8. The van der Waals surface area contributed by atoms with Crippen molar-refractivity contribution in [3.63, 3.8) is 0 Å². The normalized spacial score (nSPS) is 14.6. The maximum absolute atomic E-state index is 12.9. The third-order valence-electron chi connectivity index (χ3n) is 14.8. The number of quaternary nitrogens is 1. The highest BCUT2D eigenvalue weighted by Crippen LogP contribution is 2.43. The fourth-order valence-electron chi connectivity index (χ4n) is 9.02. The highest BCUT2D eigenvalue weighted by atomic mass is 31.2. The number of likely N-dealkylation sites (N-methyl/N-ethyl adjacent to an activating group) is 1. The fourth-order valence-corrected chi connectivity index (χ4v) is 9.76. The summed E-state index contributed by atoms with van der Waals surface area (Å²) in [5.74, 6) is -0.889. The average molecular weight is 1390 g/mol. The number of ether oxygens (including phenoxy) is 2. The zero-order valence-electron chi connectivity index (χ0n) is 63.1. The summed E-state index contributed by atoms with van der Waals surface area (Å²) in [7, 11) is 1.40. The van der Waals surface area contributed by atoms with Crippen molar-refractivity contribution in [3.05, 3.63) is 267 Å². The number of rotatable bonds is 66. The minimum Gasteiger partial charge on any atom is -0.462 e. The minimum atomic E-state index is -4.43. The molecule has 0 saturated carbocycles. The SMILES string of the molecule is CC/C=C\C/C=C\C/C=C\C/C=C\C/C=C\C/C=C\C/C=C\C/C=C\C/C=C\C/C=C\C/C=C\C/C=C\CCCCC(=O)OC(COC(=O)CCCCCCCC/C=C\C/C=C\C/C=C\C/C=C\C/C=C\C/C=C\C/C=C\C/C=C\C/C=C\C/C=C\CC)COP(=O)(O)OCC[N+](C)(C)C. The van der Waals surface area contributed by atoms with Crippen molar-refractivity contribution in [2.75, 3.05) is 47.5 Å². The summed E-state index contributed by atoms with van der Waals surface area (Å²) in [5.41, 5.74) is 0. The van der Waals surface area contributed by atoms with E-state index in [-0.39, 0.29) is 26.1 Å². The Kier molecular flexibility index (Phi) is 71.3. The highest BCUT2D eigenvalue weighted by Gasteiger charge is 2.27. The average Bonchev–Trinajstić information content (AvgIpc) is 1.07. The van der Waals surface area contributed by atoms with Gasteiger partial charge >= 0.3 is 19.8 Å². The summed E-state index contributed by atoms with van der Waals surface area (Å²) in [5, 5.41) is 0. The number of carbonyl (C=O) groups is 2. The molecule has 0 fully saturated rings. The van der Waals surface area contributed by atoms with Crippen LogP contribution in [0.5, 0.6) is 0 Å². The summed E-state index contributed by atoms with van der Waals surface area (Å²) in [6.45, 7) is 4.09. The van der Waals surface area contributed by atoms with E-state index in [0.717, 1.165) is 193 Å². The van der Waals surface area contributed by atoms with Crippen LogP contribution < -0.4 is 0 Å². The van der Waals surface area contributed by atoms with E-state index in [1.807, 2.05) is 21.1 Å². The van der Waals surface area contributed by atoms with Gasteiger partial charge in [-0.25, -0.2) is 4.57 Å². The molecule has 2 atom stereocenters. The van der Waals surface area contributed by atoms with Gasteiger partial charge in [0.05, 0.1) is 27.7 Å². The minimum absolute atomic E-state index is 0.00476. The standard InChI is InChI=1S/C90H136NO8P/c1-6-8-10-12-14-16-18-20-22-24-26-28-30-32-34-36-38-40-42-44-45-47-49-51-53-55-57-59-61-63-65-67-69-71-73-75-77-79-81-83-90(93)99-88(87-98-100(94,95)97-85-84-91(3,4)5)86-96-89(92)82-80-78-76-74-72-70-68-66-64-62-60-58-56-54-52-50-48-46-43-41-39-37-35-33-31-29-27-25-23-21-19-17-15-13-11-9-7-2/h8-11,14-17,20-23,26-29,32-35,38-41,44-46,48-49,51-52,54-55,57-58,60-61,63-64,66-67,69,73,75,88H,6-7,12-13,18-19,24-25,30-31,36-37,42-43,47,50,53,56,59,62,65,68,70-72,74,76-87H2,1-5H3/p+1/b10-8-,11-9-,16-14-,17-15-,22-20-,23-21-,28-26-,29-27-,34-32-,35-33-,40-38-,41-39-,45-44-,48-46-,51-49-,54-52-,57-55-,60-58-,63-61-,66-64-,69-67-,75-73-. The Labute approximate surface area is 611 Å². The number of hydrogen-bond donors (Lipinski definition) is 1. The van der Waals surface area contributed by atoms with Crippen molar-refractivity contribution in [1.29, 1.82) is 0 Å². The van der Waals surface area contributed by atoms with Gasteiger partial charge in [0.1, 0.15) is 19.8 Å². The van der Waals surface area contributed by atoms with Gasteiger partial charge in [0, 0.05) is 12.8 Å². The molecule has 100 heavy (non-hydrogen) atoms. The first-order valence-electron chi connectivity index (χ1n) is 38.1. The third kappa shape index (κ3) is 80.3. The van der Waals surface area contributed by atoms with Crippen molar-refractivity contribution in [1.82, 2.24) is 0 Å². The number of hydrogen-bond acceptors (Lipinski definition) is 7. The van der Waals surface area contributed by atoms with Gasteiger partial charge in [0.25, 0.3) is 0 Å². The Morgan fingerprint density at radius 2 is 0.540 bits per heavy atom. The van der Waals surface area contributed by atoms with Crippen LogP contribution in [0.15, 0.2) is 267 Å². The lowest BCUT2D eigenvalue weighted by Gasteiger charge is -2.24. The maximum atomic E-state index is 12.9. The van der Waals surface area contributed by atoms with Gasteiger partial charge in [-0.1, -0.05) is 307 Å². The predicted molar refractivity (Wildman–Crippen MR) is 435 cm³/mol. The van der Waals surface area contributed by atoms with Crippen LogP contribution in [0.2, 0.25) is 0 Å². The van der Waals surface area contributed by atoms with Crippen LogP contribution in [-0.2, 0) is 32.7 Å². The van der Waals surface area contributed by atoms with E-state index in [0.29, 0.717) is 23.9 Å². The Morgan fingerprint density at radius 3 is 0.820 bits per heavy atom. The number of phosphoric ester groups is 1. The van der Waals surface area contributed by atoms with Crippen molar-refractivity contribution < 1.29 is 42.1 Å². The monoisotopic (exact) mass is 1390 g/mol. The van der Waals surface area contributed by atoms with Crippen molar-refractivity contribution >= 4 is 19.8 Å². The summed E-state index contributed by atoms with van der Waals surface area (Å²) < 4.78 is 34.7. The lowest BCUT2D eigenvalue weighted by molar-refractivity contribution is -0.870. The summed E-state index contributed by atoms with van der Waals surface area (Å²) in [4.78, 5) is 35.9. The quantitative estimate of drug-likeness (QED) is 0.0211. The van der Waals surface area contributed by atoms with Crippen LogP contribution in [0.4, 0.5) is 0 Å². The van der Waals surface area contributed by atoms with E-state index in [4.69, 9.17) is 18.5 Å². The van der Waals surface area contributed by atoms with Crippen molar-refractivity contribution in [2.45, 2.75) is 238 Å². The van der Waals surface area contributed by atoms with E-state index in [1.54, 1.807) is 0 Å². The first-order valence-corrected chi connectivity index (χ1v) is 39.6. The highest BCUT2D eigenvalue weighted by molar-refractivity contribution is 7.47. The zero-order valence-corrected chi connectivity index (χ0v) is 63.9. The molecular formula is C90H137NO8P+. The molecule has 554 valence electrons. The van der Waals surface area contributed by atoms with E-state index in [9.17, 15) is 19.0 Å². The smallest absolute Gasteiger partial charge is 0.462 e. The molecule has 10 heteroatoms. The Bertz CT molecular complexity index is 2700. The molecule has 0 spiro atoms. The van der Waals surface area contributed by atoms with Gasteiger partial charge in [-0.2, -0.15) is 0 Å². The lowest BCUT2D eigenvalue weighted by Crippen LogP contribution is -2.37. The second-order valence-corrected chi connectivity index (χ2v) is 26.7. The molecule has 0 amide bonds. The molecule has 0 rings (SSSR count). The van der Waals surface area contributed by atoms with Gasteiger partial charge in [0.2, 0.25) is 0 Å². The second kappa shape index (κ2) is 76.5. The van der Waals surface area contributed by atoms with Crippen LogP contribution in [0.3, 0.4) is 0 Å². The molecule has 2 unspecified atom stereocenters. The molecule has 0 radical (unpaired) electrons. The van der Waals surface area contributed by atoms with Crippen LogP contribution in [0.25, 0.3) is 0 Å². The van der Waals surface area contributed by atoms with Crippen molar-refractivity contribution in [3.8, 4) is 0 Å². The zero-order chi connectivity index (χ0) is 72.5. The Balaban J connectivity index is 4.26. The molecule has 0 aromatic carbocycles. The molecule has 0 heterocycles. The molecule has 9 nitrogen and oxygen atoms in total. The van der Waals surface area contributed by atoms with Gasteiger partial charge in [0.15, 0.2) is 6.10 Å². The van der Waals surface area contributed by atoms with Crippen LogP contribution in [0, 0.1) is 0 Å².